The number of benzene rings is 1. The molecule has 0 amide bonds. The van der Waals surface area contributed by atoms with E-state index in [1.54, 1.807) is 0 Å². The normalized spacial score (nSPS) is 20.5. The Morgan fingerprint density at radius 2 is 2.37 bits per heavy atom. The first-order valence-electron chi connectivity index (χ1n) is 6.96. The molecule has 0 bridgehead atoms. The van der Waals surface area contributed by atoms with E-state index < -0.39 is 0 Å². The van der Waals surface area contributed by atoms with Gasteiger partial charge in [0, 0.05) is 22.7 Å². The van der Waals surface area contributed by atoms with E-state index in [2.05, 4.69) is 15.9 Å². The van der Waals surface area contributed by atoms with Crippen molar-refractivity contribution in [1.29, 1.82) is 0 Å². The average molecular weight is 328 g/mol. The summed E-state index contributed by atoms with van der Waals surface area (Å²) in [7, 11) is 0. The molecule has 0 saturated carbocycles. The summed E-state index contributed by atoms with van der Waals surface area (Å²) >= 11 is 3.46. The van der Waals surface area contributed by atoms with Crippen LogP contribution in [0.25, 0.3) is 0 Å². The van der Waals surface area contributed by atoms with E-state index >= 15 is 0 Å². The molecule has 1 heterocycles. The van der Waals surface area contributed by atoms with Gasteiger partial charge in [0.05, 0.1) is 12.7 Å². The third kappa shape index (κ3) is 4.48. The molecule has 2 unspecified atom stereocenters. The van der Waals surface area contributed by atoms with Gasteiger partial charge in [-0.1, -0.05) is 15.9 Å². The summed E-state index contributed by atoms with van der Waals surface area (Å²) < 4.78 is 12.5. The van der Waals surface area contributed by atoms with E-state index in [0.29, 0.717) is 6.10 Å². The Morgan fingerprint density at radius 1 is 1.53 bits per heavy atom. The molecule has 0 aliphatic carbocycles. The summed E-state index contributed by atoms with van der Waals surface area (Å²) in [4.78, 5) is 0. The minimum Gasteiger partial charge on any atom is -0.493 e. The first kappa shape index (κ1) is 14.8. The number of halogens is 1. The fraction of sp³-hybridized carbons (Fsp3) is 0.600. The Kier molecular flexibility index (Phi) is 5.67. The van der Waals surface area contributed by atoms with Gasteiger partial charge >= 0.3 is 0 Å². The maximum atomic E-state index is 5.97. The molecule has 2 atom stereocenters. The fourth-order valence-electron chi connectivity index (χ4n) is 2.37. The van der Waals surface area contributed by atoms with Gasteiger partial charge in [-0.05, 0) is 50.8 Å². The van der Waals surface area contributed by atoms with E-state index in [1.165, 1.54) is 12.8 Å². The SMILES string of the molecule is CC(N)c1cc(Br)ccc1OCCCC1CCCO1. The minimum absolute atomic E-state index is 0.0225. The van der Waals surface area contributed by atoms with Crippen molar-refractivity contribution in [2.24, 2.45) is 5.73 Å². The Hall–Kier alpha value is -0.580. The second-order valence-electron chi connectivity index (χ2n) is 5.10. The molecular formula is C15H22BrNO2. The number of hydrogen-bond acceptors (Lipinski definition) is 3. The van der Waals surface area contributed by atoms with Crippen molar-refractivity contribution >= 4 is 15.9 Å². The molecule has 1 saturated heterocycles. The highest BCUT2D eigenvalue weighted by Gasteiger charge is 2.15. The predicted molar refractivity (Wildman–Crippen MR) is 80.4 cm³/mol. The van der Waals surface area contributed by atoms with Gasteiger partial charge in [0.15, 0.2) is 0 Å². The molecule has 4 heteroatoms. The quantitative estimate of drug-likeness (QED) is 0.808. The summed E-state index contributed by atoms with van der Waals surface area (Å²) in [5.74, 6) is 0.894. The first-order chi connectivity index (χ1) is 9.16. The molecule has 2 N–H and O–H groups in total. The third-order valence-corrected chi connectivity index (χ3v) is 3.91. The average Bonchev–Trinajstić information content (AvgIpc) is 2.89. The Balaban J connectivity index is 1.81. The largest absolute Gasteiger partial charge is 0.493 e. The number of ether oxygens (including phenoxy) is 2. The molecule has 1 aliphatic rings. The number of nitrogens with two attached hydrogens (primary N) is 1. The Labute approximate surface area is 123 Å². The first-order valence-corrected chi connectivity index (χ1v) is 7.75. The third-order valence-electron chi connectivity index (χ3n) is 3.41. The summed E-state index contributed by atoms with van der Waals surface area (Å²) in [5, 5.41) is 0. The van der Waals surface area contributed by atoms with E-state index in [-0.39, 0.29) is 6.04 Å². The van der Waals surface area contributed by atoms with Crippen LogP contribution in [0.1, 0.15) is 44.2 Å². The van der Waals surface area contributed by atoms with Crippen molar-refractivity contribution in [3.8, 4) is 5.75 Å². The molecule has 2 rings (SSSR count). The molecule has 3 nitrogen and oxygen atoms in total. The maximum absolute atomic E-state index is 5.97. The van der Waals surface area contributed by atoms with Crippen molar-refractivity contribution < 1.29 is 9.47 Å². The van der Waals surface area contributed by atoms with Gasteiger partial charge in [-0.15, -0.1) is 0 Å². The van der Waals surface area contributed by atoms with E-state index in [0.717, 1.165) is 41.8 Å². The topological polar surface area (TPSA) is 44.5 Å². The zero-order valence-electron chi connectivity index (χ0n) is 11.4. The minimum atomic E-state index is -0.0225. The lowest BCUT2D eigenvalue weighted by Gasteiger charge is -2.15. The molecule has 106 valence electrons. The Bertz CT molecular complexity index is 403. The Morgan fingerprint density at radius 3 is 3.05 bits per heavy atom. The second kappa shape index (κ2) is 7.27. The molecule has 1 aliphatic heterocycles. The van der Waals surface area contributed by atoms with Crippen molar-refractivity contribution in [3.05, 3.63) is 28.2 Å². The van der Waals surface area contributed by atoms with Gasteiger partial charge in [0.1, 0.15) is 5.75 Å². The summed E-state index contributed by atoms with van der Waals surface area (Å²) in [6.07, 6.45) is 4.96. The molecule has 1 fully saturated rings. The van der Waals surface area contributed by atoms with Crippen LogP contribution in [-0.4, -0.2) is 19.3 Å². The van der Waals surface area contributed by atoms with E-state index in [4.69, 9.17) is 15.2 Å². The van der Waals surface area contributed by atoms with Crippen molar-refractivity contribution in [2.45, 2.75) is 44.8 Å². The standard InChI is InChI=1S/C15H22BrNO2/c1-11(17)14-10-12(16)6-7-15(14)19-9-3-5-13-4-2-8-18-13/h6-7,10-11,13H,2-5,8-9,17H2,1H3. The van der Waals surface area contributed by atoms with Gasteiger partial charge < -0.3 is 15.2 Å². The van der Waals surface area contributed by atoms with Crippen LogP contribution in [0.3, 0.4) is 0 Å². The number of rotatable bonds is 6. The molecule has 1 aromatic carbocycles. The van der Waals surface area contributed by atoms with Gasteiger partial charge in [0.25, 0.3) is 0 Å². The van der Waals surface area contributed by atoms with Crippen molar-refractivity contribution in [3.63, 3.8) is 0 Å². The lowest BCUT2D eigenvalue weighted by atomic mass is 10.1. The van der Waals surface area contributed by atoms with Crippen LogP contribution in [0.5, 0.6) is 5.75 Å². The molecule has 0 spiro atoms. The van der Waals surface area contributed by atoms with Gasteiger partial charge in [-0.25, -0.2) is 0 Å². The molecule has 0 aromatic heterocycles. The predicted octanol–water partition coefficient (Wildman–Crippen LogP) is 3.81. The van der Waals surface area contributed by atoms with Crippen molar-refractivity contribution in [2.75, 3.05) is 13.2 Å². The van der Waals surface area contributed by atoms with E-state index in [1.807, 2.05) is 25.1 Å². The van der Waals surface area contributed by atoms with Gasteiger partial charge in [-0.2, -0.15) is 0 Å². The summed E-state index contributed by atoms with van der Waals surface area (Å²) in [6.45, 7) is 3.62. The highest BCUT2D eigenvalue weighted by atomic mass is 79.9. The molecule has 1 aromatic rings. The summed E-state index contributed by atoms with van der Waals surface area (Å²) in [6, 6.07) is 5.97. The van der Waals surface area contributed by atoms with Crippen LogP contribution in [0.2, 0.25) is 0 Å². The lowest BCUT2D eigenvalue weighted by Crippen LogP contribution is -2.10. The molecular weight excluding hydrogens is 306 g/mol. The van der Waals surface area contributed by atoms with Crippen LogP contribution in [-0.2, 0) is 4.74 Å². The second-order valence-corrected chi connectivity index (χ2v) is 6.01. The maximum Gasteiger partial charge on any atom is 0.124 e. The van der Waals surface area contributed by atoms with Crippen LogP contribution in [0.4, 0.5) is 0 Å². The smallest absolute Gasteiger partial charge is 0.124 e. The fourth-order valence-corrected chi connectivity index (χ4v) is 2.75. The van der Waals surface area contributed by atoms with Crippen LogP contribution >= 0.6 is 15.9 Å². The number of hydrogen-bond donors (Lipinski definition) is 1. The lowest BCUT2D eigenvalue weighted by molar-refractivity contribution is 0.0980. The van der Waals surface area contributed by atoms with Gasteiger partial charge in [-0.3, -0.25) is 0 Å². The molecule has 19 heavy (non-hydrogen) atoms. The summed E-state index contributed by atoms with van der Waals surface area (Å²) in [5.41, 5.74) is 7.01. The van der Waals surface area contributed by atoms with Crippen LogP contribution in [0, 0.1) is 0 Å². The zero-order valence-corrected chi connectivity index (χ0v) is 13.0. The van der Waals surface area contributed by atoms with Crippen molar-refractivity contribution in [1.82, 2.24) is 0 Å². The zero-order chi connectivity index (χ0) is 13.7. The highest BCUT2D eigenvalue weighted by molar-refractivity contribution is 9.10. The van der Waals surface area contributed by atoms with Crippen LogP contribution < -0.4 is 10.5 Å². The van der Waals surface area contributed by atoms with E-state index in [9.17, 15) is 0 Å². The van der Waals surface area contributed by atoms with Crippen LogP contribution in [0.15, 0.2) is 22.7 Å². The molecule has 0 radical (unpaired) electrons. The highest BCUT2D eigenvalue weighted by Crippen LogP contribution is 2.27. The van der Waals surface area contributed by atoms with Gasteiger partial charge in [0.2, 0.25) is 0 Å². The monoisotopic (exact) mass is 327 g/mol.